The zero-order valence-electron chi connectivity index (χ0n) is 9.74. The van der Waals surface area contributed by atoms with E-state index in [0.717, 1.165) is 16.8 Å². The second-order valence-corrected chi connectivity index (χ2v) is 5.47. The van der Waals surface area contributed by atoms with Crippen molar-refractivity contribution in [1.29, 1.82) is 0 Å². The van der Waals surface area contributed by atoms with Gasteiger partial charge in [-0.25, -0.2) is 0 Å². The third-order valence-electron chi connectivity index (χ3n) is 2.58. The Morgan fingerprint density at radius 2 is 1.20 bits per heavy atom. The van der Waals surface area contributed by atoms with Crippen LogP contribution in [0, 0.1) is 0 Å². The molecule has 0 aromatic heterocycles. The van der Waals surface area contributed by atoms with Crippen LogP contribution in [0.25, 0.3) is 0 Å². The van der Waals surface area contributed by atoms with Crippen LogP contribution in [0.15, 0.2) is 11.6 Å². The summed E-state index contributed by atoms with van der Waals surface area (Å²) in [7, 11) is 0. The maximum Gasteiger partial charge on any atom is 0.0109 e. The van der Waals surface area contributed by atoms with Crippen molar-refractivity contribution >= 4 is 27.5 Å². The lowest BCUT2D eigenvalue weighted by Crippen LogP contribution is -1.82. The van der Waals surface area contributed by atoms with E-state index in [1.165, 1.54) is 57.8 Å². The molecule has 0 bridgehead atoms. The topological polar surface area (TPSA) is 0 Å². The smallest absolute Gasteiger partial charge is 0.0109 e. The maximum absolute atomic E-state index is 5.69. The Morgan fingerprint density at radius 1 is 0.800 bits per heavy atom. The lowest BCUT2D eigenvalue weighted by atomic mass is 10.1. The SMILES string of the molecule is C=C(Cl)CCCCCCCCCCCBr. The van der Waals surface area contributed by atoms with Gasteiger partial charge in [0.1, 0.15) is 0 Å². The van der Waals surface area contributed by atoms with Gasteiger partial charge < -0.3 is 0 Å². The van der Waals surface area contributed by atoms with E-state index < -0.39 is 0 Å². The molecule has 2 heteroatoms. The molecule has 0 unspecified atom stereocenters. The highest BCUT2D eigenvalue weighted by molar-refractivity contribution is 9.09. The van der Waals surface area contributed by atoms with Gasteiger partial charge in [-0.3, -0.25) is 0 Å². The Kier molecular flexibility index (Phi) is 13.0. The second-order valence-electron chi connectivity index (χ2n) is 4.14. The molecular formula is C13H24BrCl. The summed E-state index contributed by atoms with van der Waals surface area (Å²) in [5, 5.41) is 1.97. The lowest BCUT2D eigenvalue weighted by Gasteiger charge is -2.01. The van der Waals surface area contributed by atoms with Crippen molar-refractivity contribution in [2.75, 3.05) is 5.33 Å². The third-order valence-corrected chi connectivity index (χ3v) is 3.33. The van der Waals surface area contributed by atoms with E-state index in [0.29, 0.717) is 0 Å². The molecule has 15 heavy (non-hydrogen) atoms. The van der Waals surface area contributed by atoms with Crippen LogP contribution in [0.2, 0.25) is 0 Å². The van der Waals surface area contributed by atoms with E-state index in [1.54, 1.807) is 0 Å². The first-order valence-electron chi connectivity index (χ1n) is 6.16. The minimum atomic E-state index is 0.810. The molecule has 0 aromatic carbocycles. The molecule has 0 aliphatic rings. The van der Waals surface area contributed by atoms with Gasteiger partial charge in [0.25, 0.3) is 0 Å². The van der Waals surface area contributed by atoms with Crippen molar-refractivity contribution in [1.82, 2.24) is 0 Å². The molecule has 0 N–H and O–H groups in total. The number of allylic oxidation sites excluding steroid dienone is 1. The Labute approximate surface area is 109 Å². The minimum Gasteiger partial charge on any atom is -0.0928 e. The Balaban J connectivity index is 2.89. The average molecular weight is 296 g/mol. The van der Waals surface area contributed by atoms with Gasteiger partial charge in [0, 0.05) is 10.4 Å². The molecule has 0 saturated heterocycles. The highest BCUT2D eigenvalue weighted by Crippen LogP contribution is 2.13. The summed E-state index contributed by atoms with van der Waals surface area (Å²) in [5.74, 6) is 0. The predicted molar refractivity (Wildman–Crippen MR) is 75.0 cm³/mol. The first kappa shape index (κ1) is 15.5. The molecule has 0 heterocycles. The van der Waals surface area contributed by atoms with Crippen LogP contribution in [0.4, 0.5) is 0 Å². The molecule has 0 aromatic rings. The average Bonchev–Trinajstić information content (AvgIpc) is 2.20. The van der Waals surface area contributed by atoms with Crippen LogP contribution in [0.5, 0.6) is 0 Å². The van der Waals surface area contributed by atoms with Gasteiger partial charge in [-0.05, 0) is 19.3 Å². The van der Waals surface area contributed by atoms with E-state index >= 15 is 0 Å². The summed E-state index contributed by atoms with van der Waals surface area (Å²) in [4.78, 5) is 0. The van der Waals surface area contributed by atoms with Crippen LogP contribution in [0.3, 0.4) is 0 Å². The highest BCUT2D eigenvalue weighted by atomic mass is 79.9. The van der Waals surface area contributed by atoms with Crippen molar-refractivity contribution in [3.05, 3.63) is 11.6 Å². The van der Waals surface area contributed by atoms with E-state index in [4.69, 9.17) is 11.6 Å². The van der Waals surface area contributed by atoms with Crippen LogP contribution < -0.4 is 0 Å². The number of unbranched alkanes of at least 4 members (excludes halogenated alkanes) is 8. The Hall–Kier alpha value is 0.510. The van der Waals surface area contributed by atoms with Crippen molar-refractivity contribution in [3.63, 3.8) is 0 Å². The zero-order valence-corrected chi connectivity index (χ0v) is 12.1. The molecule has 0 aliphatic carbocycles. The zero-order chi connectivity index (χ0) is 11.4. The summed E-state index contributed by atoms with van der Waals surface area (Å²) < 4.78 is 0. The summed E-state index contributed by atoms with van der Waals surface area (Å²) in [6.45, 7) is 3.69. The van der Waals surface area contributed by atoms with Gasteiger partial charge in [-0.2, -0.15) is 0 Å². The van der Waals surface area contributed by atoms with Gasteiger partial charge >= 0.3 is 0 Å². The first-order chi connectivity index (χ1) is 7.27. The fraction of sp³-hybridized carbons (Fsp3) is 0.846. The second kappa shape index (κ2) is 12.6. The number of hydrogen-bond acceptors (Lipinski definition) is 0. The summed E-state index contributed by atoms with van der Waals surface area (Å²) in [5.41, 5.74) is 0. The highest BCUT2D eigenvalue weighted by Gasteiger charge is 1.93. The number of rotatable bonds is 11. The van der Waals surface area contributed by atoms with Crippen molar-refractivity contribution < 1.29 is 0 Å². The van der Waals surface area contributed by atoms with Gasteiger partial charge in [0.2, 0.25) is 0 Å². The minimum absolute atomic E-state index is 0.810. The molecule has 0 rings (SSSR count). The molecule has 90 valence electrons. The molecule has 0 aliphatic heterocycles. The third kappa shape index (κ3) is 14.5. The molecule has 0 radical (unpaired) electrons. The van der Waals surface area contributed by atoms with Gasteiger partial charge in [0.05, 0.1) is 0 Å². The lowest BCUT2D eigenvalue weighted by molar-refractivity contribution is 0.567. The number of hydrogen-bond donors (Lipinski definition) is 0. The van der Waals surface area contributed by atoms with Crippen LogP contribution in [-0.4, -0.2) is 5.33 Å². The molecule has 0 saturated carbocycles. The molecule has 0 spiro atoms. The predicted octanol–water partition coefficient (Wildman–Crippen LogP) is 6.03. The molecular weight excluding hydrogens is 272 g/mol. The van der Waals surface area contributed by atoms with E-state index in [-0.39, 0.29) is 0 Å². The van der Waals surface area contributed by atoms with Crippen LogP contribution in [0.1, 0.15) is 64.2 Å². The Morgan fingerprint density at radius 3 is 1.60 bits per heavy atom. The number of alkyl halides is 1. The molecule has 0 nitrogen and oxygen atoms in total. The summed E-state index contributed by atoms with van der Waals surface area (Å²) in [6, 6.07) is 0. The van der Waals surface area contributed by atoms with E-state index in [9.17, 15) is 0 Å². The van der Waals surface area contributed by atoms with Crippen molar-refractivity contribution in [2.24, 2.45) is 0 Å². The standard InChI is InChI=1S/C13H24BrCl/c1-13(15)11-9-7-5-3-2-4-6-8-10-12-14/h1-12H2. The largest absolute Gasteiger partial charge is 0.0928 e. The van der Waals surface area contributed by atoms with E-state index in [1.807, 2.05) is 0 Å². The van der Waals surface area contributed by atoms with Crippen molar-refractivity contribution in [2.45, 2.75) is 64.2 Å². The maximum atomic E-state index is 5.69. The van der Waals surface area contributed by atoms with Crippen LogP contribution in [-0.2, 0) is 0 Å². The quantitative estimate of drug-likeness (QED) is 0.322. The molecule has 0 atom stereocenters. The fourth-order valence-corrected chi connectivity index (χ4v) is 2.18. The Bertz CT molecular complexity index is 145. The summed E-state index contributed by atoms with van der Waals surface area (Å²) >= 11 is 9.14. The first-order valence-corrected chi connectivity index (χ1v) is 7.66. The van der Waals surface area contributed by atoms with Crippen molar-refractivity contribution in [3.8, 4) is 0 Å². The molecule has 0 amide bonds. The van der Waals surface area contributed by atoms with E-state index in [2.05, 4.69) is 22.5 Å². The monoisotopic (exact) mass is 294 g/mol. The number of halogens is 2. The molecule has 0 fully saturated rings. The normalized spacial score (nSPS) is 10.5. The summed E-state index contributed by atoms with van der Waals surface area (Å²) in [6.07, 6.45) is 13.2. The van der Waals surface area contributed by atoms with Gasteiger partial charge in [0.15, 0.2) is 0 Å². The van der Waals surface area contributed by atoms with Crippen LogP contribution >= 0.6 is 27.5 Å². The van der Waals surface area contributed by atoms with Gasteiger partial charge in [-0.15, -0.1) is 0 Å². The van der Waals surface area contributed by atoms with Gasteiger partial charge in [-0.1, -0.05) is 79.1 Å². The fourth-order valence-electron chi connectivity index (χ4n) is 1.65.